The standard InChI is InChI=1S/C26H23N3O4S2/c1-4-12-28-17-10-7-6-9-16(17)20(23(28)30)22-24(31)29-21(18-11-8-14-34-18)19(25(32)33-13-5-2)15(3)27-26(29)35-22/h5-11,14,21H,2,4,12-13H2,1,3H3/b22-20+. The molecule has 0 radical (unpaired) electrons. The number of thiazole rings is 1. The Hall–Kier alpha value is -3.56. The van der Waals surface area contributed by atoms with E-state index in [0.29, 0.717) is 32.7 Å². The van der Waals surface area contributed by atoms with Gasteiger partial charge in [0.15, 0.2) is 4.80 Å². The molecule has 3 aromatic rings. The first kappa shape index (κ1) is 23.2. The van der Waals surface area contributed by atoms with Gasteiger partial charge >= 0.3 is 5.97 Å². The third-order valence-electron chi connectivity index (χ3n) is 5.96. The van der Waals surface area contributed by atoms with Crippen molar-refractivity contribution in [2.24, 2.45) is 4.99 Å². The Kier molecular flexibility index (Phi) is 6.12. The number of para-hydroxylation sites is 1. The van der Waals surface area contributed by atoms with Crippen LogP contribution in [0.2, 0.25) is 0 Å². The van der Waals surface area contributed by atoms with Crippen molar-refractivity contribution in [3.63, 3.8) is 0 Å². The molecule has 1 amide bonds. The molecule has 1 unspecified atom stereocenters. The summed E-state index contributed by atoms with van der Waals surface area (Å²) in [5.74, 6) is -0.730. The zero-order valence-electron chi connectivity index (χ0n) is 19.3. The van der Waals surface area contributed by atoms with Crippen molar-refractivity contribution in [2.75, 3.05) is 18.1 Å². The topological polar surface area (TPSA) is 81.0 Å². The number of carbonyl (C=O) groups is 2. The molecule has 0 N–H and O–H groups in total. The van der Waals surface area contributed by atoms with Crippen LogP contribution in [0.15, 0.2) is 75.5 Å². The number of thiophene rings is 1. The summed E-state index contributed by atoms with van der Waals surface area (Å²) in [6, 6.07) is 10.6. The van der Waals surface area contributed by atoms with Crippen molar-refractivity contribution in [3.8, 4) is 0 Å². The molecule has 0 fully saturated rings. The van der Waals surface area contributed by atoms with E-state index in [0.717, 1.165) is 22.5 Å². The van der Waals surface area contributed by atoms with Crippen LogP contribution in [0.5, 0.6) is 0 Å². The number of hydrogen-bond acceptors (Lipinski definition) is 7. The lowest BCUT2D eigenvalue weighted by Crippen LogP contribution is -2.40. The van der Waals surface area contributed by atoms with Gasteiger partial charge in [0.05, 0.1) is 22.5 Å². The second kappa shape index (κ2) is 9.24. The molecule has 0 spiro atoms. The van der Waals surface area contributed by atoms with Gasteiger partial charge in [-0.05, 0) is 30.9 Å². The number of nitrogens with zero attached hydrogens (tertiary/aromatic N) is 3. The second-order valence-corrected chi connectivity index (χ2v) is 10.1. The summed E-state index contributed by atoms with van der Waals surface area (Å²) in [6.07, 6.45) is 2.29. The highest BCUT2D eigenvalue weighted by atomic mass is 32.1. The minimum Gasteiger partial charge on any atom is -0.458 e. The van der Waals surface area contributed by atoms with Crippen LogP contribution in [-0.4, -0.2) is 29.6 Å². The summed E-state index contributed by atoms with van der Waals surface area (Å²) < 4.78 is 7.20. The number of aromatic nitrogens is 1. The number of anilines is 1. The maximum Gasteiger partial charge on any atom is 0.338 e. The molecule has 5 rings (SSSR count). The third-order valence-corrected chi connectivity index (χ3v) is 7.94. The molecule has 2 aliphatic rings. The van der Waals surface area contributed by atoms with Gasteiger partial charge in [-0.15, -0.1) is 11.3 Å². The number of benzene rings is 1. The lowest BCUT2D eigenvalue weighted by molar-refractivity contribution is -0.138. The molecule has 2 aliphatic heterocycles. The van der Waals surface area contributed by atoms with Crippen molar-refractivity contribution in [1.29, 1.82) is 0 Å². The molecule has 4 heterocycles. The van der Waals surface area contributed by atoms with Gasteiger partial charge in [0.1, 0.15) is 17.2 Å². The number of allylic oxidation sites excluding steroid dienone is 1. The Morgan fingerprint density at radius 1 is 1.23 bits per heavy atom. The number of carbonyl (C=O) groups excluding carboxylic acids is 2. The van der Waals surface area contributed by atoms with E-state index >= 15 is 0 Å². The van der Waals surface area contributed by atoms with Crippen LogP contribution in [0.25, 0.3) is 5.57 Å². The zero-order chi connectivity index (χ0) is 24.7. The van der Waals surface area contributed by atoms with Gasteiger partial charge in [-0.3, -0.25) is 14.2 Å². The minimum atomic E-state index is -0.684. The van der Waals surface area contributed by atoms with Crippen molar-refractivity contribution in [3.05, 3.63) is 95.8 Å². The van der Waals surface area contributed by atoms with Gasteiger partial charge < -0.3 is 9.64 Å². The summed E-state index contributed by atoms with van der Waals surface area (Å²) in [5.41, 5.74) is 2.39. The van der Waals surface area contributed by atoms with Gasteiger partial charge in [-0.2, -0.15) is 0 Å². The van der Waals surface area contributed by atoms with E-state index in [1.807, 2.05) is 48.7 Å². The number of rotatable bonds is 6. The molecule has 0 aliphatic carbocycles. The monoisotopic (exact) mass is 505 g/mol. The molecule has 1 atom stereocenters. The van der Waals surface area contributed by atoms with Gasteiger partial charge in [0, 0.05) is 17.0 Å². The van der Waals surface area contributed by atoms with E-state index < -0.39 is 12.0 Å². The number of hydrogen-bond donors (Lipinski definition) is 0. The number of ether oxygens (including phenoxy) is 1. The van der Waals surface area contributed by atoms with Gasteiger partial charge in [-0.25, -0.2) is 9.79 Å². The highest BCUT2D eigenvalue weighted by molar-refractivity contribution is 7.10. The Bertz CT molecular complexity index is 1560. The molecule has 35 heavy (non-hydrogen) atoms. The largest absolute Gasteiger partial charge is 0.458 e. The smallest absolute Gasteiger partial charge is 0.338 e. The molecule has 0 saturated heterocycles. The van der Waals surface area contributed by atoms with E-state index in [-0.39, 0.29) is 18.1 Å². The van der Waals surface area contributed by atoms with Crippen LogP contribution in [-0.2, 0) is 14.3 Å². The molecule has 0 bridgehead atoms. The summed E-state index contributed by atoms with van der Waals surface area (Å²) >= 11 is 2.63. The fourth-order valence-corrected chi connectivity index (χ4v) is 6.47. The van der Waals surface area contributed by atoms with Crippen LogP contribution < -0.4 is 19.8 Å². The summed E-state index contributed by atoms with van der Waals surface area (Å²) in [7, 11) is 0. The van der Waals surface area contributed by atoms with Crippen LogP contribution in [0, 0.1) is 0 Å². The maximum absolute atomic E-state index is 14.0. The summed E-state index contributed by atoms with van der Waals surface area (Å²) in [6.45, 7) is 7.97. The Morgan fingerprint density at radius 2 is 2.03 bits per heavy atom. The molecule has 1 aromatic carbocycles. The molecule has 0 saturated carbocycles. The number of esters is 1. The minimum absolute atomic E-state index is 0.0554. The predicted octanol–water partition coefficient (Wildman–Crippen LogP) is 3.15. The summed E-state index contributed by atoms with van der Waals surface area (Å²) in [5, 5.41) is 1.90. The lowest BCUT2D eigenvalue weighted by Gasteiger charge is -2.23. The molecule has 7 nitrogen and oxygen atoms in total. The van der Waals surface area contributed by atoms with Gasteiger partial charge in [0.2, 0.25) is 0 Å². The Labute approximate surface area is 209 Å². The van der Waals surface area contributed by atoms with Gasteiger partial charge in [0.25, 0.3) is 11.5 Å². The van der Waals surface area contributed by atoms with E-state index in [1.165, 1.54) is 33.3 Å². The molecular formula is C26H23N3O4S2. The summed E-state index contributed by atoms with van der Waals surface area (Å²) in [4.78, 5) is 48.1. The molecule has 178 valence electrons. The molecule has 9 heteroatoms. The number of amides is 1. The van der Waals surface area contributed by atoms with Crippen LogP contribution in [0.3, 0.4) is 0 Å². The predicted molar refractivity (Wildman–Crippen MR) is 137 cm³/mol. The van der Waals surface area contributed by atoms with Crippen LogP contribution in [0.4, 0.5) is 5.69 Å². The molecule has 2 aromatic heterocycles. The first-order valence-corrected chi connectivity index (χ1v) is 12.9. The second-order valence-electron chi connectivity index (χ2n) is 8.15. The van der Waals surface area contributed by atoms with E-state index in [4.69, 9.17) is 4.74 Å². The Balaban J connectivity index is 1.78. The number of fused-ring (bicyclic) bond motifs is 2. The Morgan fingerprint density at radius 3 is 2.74 bits per heavy atom. The first-order chi connectivity index (χ1) is 17.0. The maximum atomic E-state index is 14.0. The quantitative estimate of drug-likeness (QED) is 0.381. The fraction of sp³-hybridized carbons (Fsp3) is 0.231. The van der Waals surface area contributed by atoms with Gasteiger partial charge in [-0.1, -0.05) is 55.2 Å². The fourth-order valence-electron chi connectivity index (χ4n) is 4.51. The van der Waals surface area contributed by atoms with Crippen LogP contribution in [0.1, 0.15) is 36.8 Å². The highest BCUT2D eigenvalue weighted by Gasteiger charge is 2.37. The molecular weight excluding hydrogens is 482 g/mol. The average molecular weight is 506 g/mol. The lowest BCUT2D eigenvalue weighted by atomic mass is 10.0. The van der Waals surface area contributed by atoms with Crippen molar-refractivity contribution >= 4 is 45.8 Å². The SMILES string of the molecule is C=CCOC(=O)C1=C(C)N=c2s/c(=C3/C(=O)N(CCC)c4ccccc43)c(=O)n2C1c1cccs1. The van der Waals surface area contributed by atoms with E-state index in [9.17, 15) is 14.4 Å². The van der Waals surface area contributed by atoms with E-state index in [1.54, 1.807) is 11.8 Å². The normalized spacial score (nSPS) is 18.3. The third kappa shape index (κ3) is 3.71. The van der Waals surface area contributed by atoms with Crippen molar-refractivity contribution in [2.45, 2.75) is 26.3 Å². The average Bonchev–Trinajstić information content (AvgIpc) is 3.55. The van der Waals surface area contributed by atoms with Crippen molar-refractivity contribution < 1.29 is 14.3 Å². The van der Waals surface area contributed by atoms with Crippen LogP contribution >= 0.6 is 22.7 Å². The zero-order valence-corrected chi connectivity index (χ0v) is 20.9. The van der Waals surface area contributed by atoms with Crippen molar-refractivity contribution in [1.82, 2.24) is 4.57 Å². The highest BCUT2D eigenvalue weighted by Crippen LogP contribution is 2.36. The van der Waals surface area contributed by atoms with E-state index in [2.05, 4.69) is 11.6 Å². The first-order valence-electron chi connectivity index (χ1n) is 11.3.